The number of hydrogen-bond donors (Lipinski definition) is 1. The lowest BCUT2D eigenvalue weighted by atomic mass is 10.0. The van der Waals surface area contributed by atoms with Gasteiger partial charge in [-0.25, -0.2) is 9.69 Å². The van der Waals surface area contributed by atoms with E-state index < -0.39 is 17.8 Å². The number of amides is 5. The van der Waals surface area contributed by atoms with E-state index in [1.807, 2.05) is 0 Å². The maximum Gasteiger partial charge on any atom is 0.335 e. The first-order chi connectivity index (χ1) is 12.0. The molecule has 0 radical (unpaired) electrons. The van der Waals surface area contributed by atoms with E-state index in [1.54, 1.807) is 4.90 Å². The van der Waals surface area contributed by atoms with Crippen molar-refractivity contribution >= 4 is 23.8 Å². The lowest BCUT2D eigenvalue weighted by molar-refractivity contribution is -0.145. The molecule has 3 aliphatic rings. The first-order valence-electron chi connectivity index (χ1n) is 8.80. The monoisotopic (exact) mass is 348 g/mol. The summed E-state index contributed by atoms with van der Waals surface area (Å²) >= 11 is 0. The Morgan fingerprint density at radius 1 is 1.08 bits per heavy atom. The van der Waals surface area contributed by atoms with Crippen LogP contribution in [0.15, 0.2) is 12.7 Å². The summed E-state index contributed by atoms with van der Waals surface area (Å²) in [5, 5.41) is 3.54. The summed E-state index contributed by atoms with van der Waals surface area (Å²) in [6.45, 7) is 5.29. The minimum atomic E-state index is -0.943. The number of carbonyl (C=O) groups excluding carboxylic acids is 4. The number of rotatable bonds is 7. The molecule has 0 aromatic carbocycles. The van der Waals surface area contributed by atoms with Gasteiger partial charge in [0.1, 0.15) is 6.54 Å². The molecule has 2 saturated heterocycles. The molecule has 3 fully saturated rings. The topological polar surface area (TPSA) is 90.0 Å². The highest BCUT2D eigenvalue weighted by atomic mass is 16.2. The molecule has 0 spiro atoms. The van der Waals surface area contributed by atoms with Crippen molar-refractivity contribution in [2.75, 3.05) is 32.7 Å². The normalized spacial score (nSPS) is 22.1. The fourth-order valence-electron chi connectivity index (χ4n) is 3.20. The summed E-state index contributed by atoms with van der Waals surface area (Å²) in [7, 11) is 0. The number of imide groups is 2. The molecule has 1 saturated carbocycles. The Morgan fingerprint density at radius 2 is 1.72 bits per heavy atom. The molecule has 2 aliphatic heterocycles. The molecule has 1 N–H and O–H groups in total. The van der Waals surface area contributed by atoms with Crippen LogP contribution in [0.5, 0.6) is 0 Å². The molecule has 8 nitrogen and oxygen atoms in total. The lowest BCUT2D eigenvalue weighted by Gasteiger charge is -2.33. The van der Waals surface area contributed by atoms with E-state index in [-0.39, 0.29) is 19.0 Å². The minimum absolute atomic E-state index is 0.0356. The molecule has 25 heavy (non-hydrogen) atoms. The molecule has 0 bridgehead atoms. The SMILES string of the molecule is C=CCN1C(=O)C(=O)N(CC(=O)N2CCC(NCC3CC3)CC2)C1=O. The van der Waals surface area contributed by atoms with Gasteiger partial charge in [-0.15, -0.1) is 6.58 Å². The van der Waals surface area contributed by atoms with Gasteiger partial charge in [0.15, 0.2) is 0 Å². The van der Waals surface area contributed by atoms with Gasteiger partial charge >= 0.3 is 17.8 Å². The highest BCUT2D eigenvalue weighted by molar-refractivity contribution is 6.45. The highest BCUT2D eigenvalue weighted by Gasteiger charge is 2.45. The van der Waals surface area contributed by atoms with Crippen LogP contribution in [0.25, 0.3) is 0 Å². The van der Waals surface area contributed by atoms with Crippen LogP contribution in [0, 0.1) is 5.92 Å². The third-order valence-electron chi connectivity index (χ3n) is 4.98. The molecule has 136 valence electrons. The van der Waals surface area contributed by atoms with Crippen molar-refractivity contribution in [3.05, 3.63) is 12.7 Å². The summed E-state index contributed by atoms with van der Waals surface area (Å²) in [5.41, 5.74) is 0. The van der Waals surface area contributed by atoms with Crippen molar-refractivity contribution in [3.8, 4) is 0 Å². The number of nitrogens with zero attached hydrogens (tertiary/aromatic N) is 3. The van der Waals surface area contributed by atoms with Crippen molar-refractivity contribution in [2.45, 2.75) is 31.7 Å². The van der Waals surface area contributed by atoms with Gasteiger partial charge in [-0.1, -0.05) is 6.08 Å². The van der Waals surface area contributed by atoms with Crippen LogP contribution in [0.3, 0.4) is 0 Å². The van der Waals surface area contributed by atoms with Crippen molar-refractivity contribution in [1.82, 2.24) is 20.0 Å². The van der Waals surface area contributed by atoms with E-state index in [0.717, 1.165) is 35.1 Å². The zero-order valence-corrected chi connectivity index (χ0v) is 14.3. The molecule has 5 amide bonds. The van der Waals surface area contributed by atoms with Crippen LogP contribution in [-0.4, -0.2) is 77.2 Å². The Morgan fingerprint density at radius 3 is 2.32 bits per heavy atom. The number of likely N-dealkylation sites (tertiary alicyclic amines) is 1. The summed E-state index contributed by atoms with van der Waals surface area (Å²) in [6, 6.07) is -0.325. The van der Waals surface area contributed by atoms with E-state index in [1.165, 1.54) is 18.9 Å². The summed E-state index contributed by atoms with van der Waals surface area (Å²) in [4.78, 5) is 51.4. The van der Waals surface area contributed by atoms with E-state index in [4.69, 9.17) is 0 Å². The predicted molar refractivity (Wildman–Crippen MR) is 89.3 cm³/mol. The first kappa shape index (κ1) is 17.6. The van der Waals surface area contributed by atoms with Gasteiger partial charge in [0.25, 0.3) is 0 Å². The van der Waals surface area contributed by atoms with Gasteiger partial charge in [-0.3, -0.25) is 19.3 Å². The Hall–Kier alpha value is -2.22. The molecule has 2 heterocycles. The maximum absolute atomic E-state index is 12.4. The Labute approximate surface area is 146 Å². The number of urea groups is 1. The van der Waals surface area contributed by atoms with Crippen molar-refractivity contribution in [3.63, 3.8) is 0 Å². The average Bonchev–Trinajstić information content (AvgIpc) is 3.42. The number of hydrogen-bond acceptors (Lipinski definition) is 5. The molecule has 0 atom stereocenters. The van der Waals surface area contributed by atoms with Gasteiger partial charge in [0, 0.05) is 25.7 Å². The Balaban J connectivity index is 1.49. The fraction of sp³-hybridized carbons (Fsp3) is 0.647. The van der Waals surface area contributed by atoms with Crippen LogP contribution < -0.4 is 5.32 Å². The van der Waals surface area contributed by atoms with Crippen LogP contribution in [0.2, 0.25) is 0 Å². The molecule has 8 heteroatoms. The van der Waals surface area contributed by atoms with Crippen molar-refractivity contribution < 1.29 is 19.2 Å². The molecular weight excluding hydrogens is 324 g/mol. The Bertz CT molecular complexity index is 593. The molecule has 1 aliphatic carbocycles. The lowest BCUT2D eigenvalue weighted by Crippen LogP contribution is -2.49. The first-order valence-corrected chi connectivity index (χ1v) is 8.80. The third kappa shape index (κ3) is 3.89. The summed E-state index contributed by atoms with van der Waals surface area (Å²) in [6.07, 6.45) is 5.71. The average molecular weight is 348 g/mol. The van der Waals surface area contributed by atoms with Crippen LogP contribution in [0.1, 0.15) is 25.7 Å². The molecule has 0 unspecified atom stereocenters. The van der Waals surface area contributed by atoms with Gasteiger partial charge in [0.2, 0.25) is 5.91 Å². The quantitative estimate of drug-likeness (QED) is 0.396. The second kappa shape index (κ2) is 7.35. The highest BCUT2D eigenvalue weighted by Crippen LogP contribution is 2.28. The van der Waals surface area contributed by atoms with Gasteiger partial charge in [-0.05, 0) is 38.1 Å². The van der Waals surface area contributed by atoms with E-state index in [2.05, 4.69) is 11.9 Å². The molecular formula is C17H24N4O4. The van der Waals surface area contributed by atoms with E-state index >= 15 is 0 Å². The second-order valence-corrected chi connectivity index (χ2v) is 6.88. The largest absolute Gasteiger partial charge is 0.341 e. The molecule has 3 rings (SSSR count). The zero-order valence-electron chi connectivity index (χ0n) is 14.3. The van der Waals surface area contributed by atoms with Crippen LogP contribution >= 0.6 is 0 Å². The van der Waals surface area contributed by atoms with E-state index in [9.17, 15) is 19.2 Å². The van der Waals surface area contributed by atoms with Gasteiger partial charge in [-0.2, -0.15) is 0 Å². The maximum atomic E-state index is 12.4. The number of carbonyl (C=O) groups is 4. The van der Waals surface area contributed by atoms with E-state index in [0.29, 0.717) is 19.1 Å². The number of piperidine rings is 1. The van der Waals surface area contributed by atoms with Crippen molar-refractivity contribution in [1.29, 1.82) is 0 Å². The second-order valence-electron chi connectivity index (χ2n) is 6.88. The van der Waals surface area contributed by atoms with Crippen molar-refractivity contribution in [2.24, 2.45) is 5.92 Å². The smallest absolute Gasteiger partial charge is 0.335 e. The molecule has 0 aromatic rings. The summed E-state index contributed by atoms with van der Waals surface area (Å²) < 4.78 is 0. The zero-order chi connectivity index (χ0) is 18.0. The van der Waals surface area contributed by atoms with Crippen LogP contribution in [-0.2, 0) is 14.4 Å². The van der Waals surface area contributed by atoms with Gasteiger partial charge in [0.05, 0.1) is 0 Å². The number of nitrogens with one attached hydrogen (secondary N) is 1. The third-order valence-corrected chi connectivity index (χ3v) is 4.98. The van der Waals surface area contributed by atoms with Crippen LogP contribution in [0.4, 0.5) is 4.79 Å². The minimum Gasteiger partial charge on any atom is -0.341 e. The Kier molecular flexibility index (Phi) is 5.17. The predicted octanol–water partition coefficient (Wildman–Crippen LogP) is -0.0462. The molecule has 0 aromatic heterocycles. The summed E-state index contributed by atoms with van der Waals surface area (Å²) in [5.74, 6) is -1.32. The fourth-order valence-corrected chi connectivity index (χ4v) is 3.20. The standard InChI is InChI=1S/C17H24N4O4/c1-2-7-20-15(23)16(24)21(17(20)25)11-14(22)19-8-5-13(6-9-19)18-10-12-3-4-12/h2,12-13,18H,1,3-11H2. The van der Waals surface area contributed by atoms with Gasteiger partial charge < -0.3 is 10.2 Å².